The average Bonchev–Trinajstić information content (AvgIpc) is 2.94. The number of nitrogens with zero attached hydrogens (tertiary/aromatic N) is 2. The quantitative estimate of drug-likeness (QED) is 0.565. The van der Waals surface area contributed by atoms with Gasteiger partial charge in [-0.2, -0.15) is 5.10 Å². The molecule has 0 spiro atoms. The van der Waals surface area contributed by atoms with Crippen LogP contribution in [-0.2, 0) is 9.05 Å². The molecule has 4 nitrogen and oxygen atoms in total. The molecule has 120 valence electrons. The molecule has 0 radical (unpaired) electrons. The Labute approximate surface area is 145 Å². The largest absolute Gasteiger partial charge is 0.330 e. The molecule has 0 bridgehead atoms. The third-order valence-electron chi connectivity index (χ3n) is 3.29. The molecule has 0 N–H and O–H groups in total. The Kier molecular flexibility index (Phi) is 5.44. The van der Waals surface area contributed by atoms with Gasteiger partial charge in [-0.1, -0.05) is 34.1 Å². The number of benzene rings is 2. The summed E-state index contributed by atoms with van der Waals surface area (Å²) in [5.74, 6) is 0. The summed E-state index contributed by atoms with van der Waals surface area (Å²) in [5.41, 5.74) is 2.92. The molecule has 1 aromatic heterocycles. The van der Waals surface area contributed by atoms with Gasteiger partial charge in [0.15, 0.2) is 0 Å². The van der Waals surface area contributed by atoms with Crippen molar-refractivity contribution in [2.75, 3.05) is 13.2 Å². The summed E-state index contributed by atoms with van der Waals surface area (Å²) >= 11 is 3.47. The van der Waals surface area contributed by atoms with Crippen molar-refractivity contribution in [3.8, 4) is 5.69 Å². The van der Waals surface area contributed by atoms with Crippen molar-refractivity contribution in [1.29, 1.82) is 0 Å². The van der Waals surface area contributed by atoms with Gasteiger partial charge in [0, 0.05) is 9.86 Å². The molecular weight excluding hydrogens is 375 g/mol. The molecule has 0 saturated carbocycles. The smallest absolute Gasteiger partial charge is 0.225 e. The van der Waals surface area contributed by atoms with Gasteiger partial charge in [-0.3, -0.25) is 0 Å². The fourth-order valence-electron chi connectivity index (χ4n) is 2.35. The first-order chi connectivity index (χ1) is 11.2. The van der Waals surface area contributed by atoms with Crippen LogP contribution >= 0.6 is 24.3 Å². The third kappa shape index (κ3) is 3.48. The number of hydrogen-bond acceptors (Lipinski definition) is 3. The minimum Gasteiger partial charge on any atom is -0.330 e. The van der Waals surface area contributed by atoms with E-state index in [1.807, 2.05) is 61.0 Å². The maximum Gasteiger partial charge on any atom is 0.225 e. The molecule has 0 amide bonds. The highest BCUT2D eigenvalue weighted by Crippen LogP contribution is 2.40. The van der Waals surface area contributed by atoms with Gasteiger partial charge in [-0.25, -0.2) is 4.68 Å². The van der Waals surface area contributed by atoms with Crippen LogP contribution in [0.1, 0.15) is 13.8 Å². The summed E-state index contributed by atoms with van der Waals surface area (Å²) in [4.78, 5) is 0. The Morgan fingerprint density at radius 2 is 1.65 bits per heavy atom. The summed E-state index contributed by atoms with van der Waals surface area (Å²) in [7, 11) is -1.18. The lowest BCUT2D eigenvalue weighted by Gasteiger charge is -2.17. The van der Waals surface area contributed by atoms with Crippen LogP contribution in [0.4, 0.5) is 0 Å². The molecule has 0 atom stereocenters. The van der Waals surface area contributed by atoms with Crippen LogP contribution in [0.2, 0.25) is 0 Å². The van der Waals surface area contributed by atoms with Crippen molar-refractivity contribution < 1.29 is 9.05 Å². The highest BCUT2D eigenvalue weighted by atomic mass is 79.9. The van der Waals surface area contributed by atoms with Crippen molar-refractivity contribution >= 4 is 40.6 Å². The second-order valence-electron chi connectivity index (χ2n) is 4.82. The first-order valence-corrected chi connectivity index (χ1v) is 9.51. The van der Waals surface area contributed by atoms with Crippen molar-refractivity contribution in [3.05, 3.63) is 53.0 Å². The Balaban J connectivity index is 2.19. The molecule has 1 heterocycles. The van der Waals surface area contributed by atoms with E-state index in [2.05, 4.69) is 22.0 Å². The summed E-state index contributed by atoms with van der Waals surface area (Å²) in [5, 5.41) is 5.83. The van der Waals surface area contributed by atoms with E-state index in [-0.39, 0.29) is 0 Å². The molecule has 0 aliphatic heterocycles. The second kappa shape index (κ2) is 7.54. The van der Waals surface area contributed by atoms with Gasteiger partial charge < -0.3 is 9.05 Å². The van der Waals surface area contributed by atoms with Crippen LogP contribution < -0.4 is 5.44 Å². The van der Waals surface area contributed by atoms with E-state index in [1.165, 1.54) is 0 Å². The molecular formula is C17H18BrN2O2P. The first-order valence-electron chi connectivity index (χ1n) is 7.54. The van der Waals surface area contributed by atoms with Crippen LogP contribution in [0.3, 0.4) is 0 Å². The van der Waals surface area contributed by atoms with Crippen molar-refractivity contribution in [2.45, 2.75) is 13.8 Å². The lowest BCUT2D eigenvalue weighted by molar-refractivity contribution is 0.276. The SMILES string of the molecule is CCOP(OCC)c1c2ccccc2nn1-c1ccc(Br)cc1. The monoisotopic (exact) mass is 392 g/mol. The van der Waals surface area contributed by atoms with Crippen molar-refractivity contribution in [1.82, 2.24) is 9.78 Å². The first kappa shape index (κ1) is 16.6. The van der Waals surface area contributed by atoms with Gasteiger partial charge >= 0.3 is 0 Å². The maximum atomic E-state index is 5.89. The fraction of sp³-hybridized carbons (Fsp3) is 0.235. The summed E-state index contributed by atoms with van der Waals surface area (Å²) in [6.45, 7) is 5.17. The molecule has 6 heteroatoms. The molecule has 0 fully saturated rings. The standard InChI is InChI=1S/C17H18BrN2O2P/c1-3-21-23(22-4-2)17-15-7-5-6-8-16(15)19-20(17)14-11-9-13(18)10-12-14/h5-12H,3-4H2,1-2H3. The molecule has 3 aromatic rings. The van der Waals surface area contributed by atoms with E-state index in [0.29, 0.717) is 13.2 Å². The number of rotatable bonds is 6. The van der Waals surface area contributed by atoms with Crippen molar-refractivity contribution in [3.63, 3.8) is 0 Å². The van der Waals surface area contributed by atoms with Gasteiger partial charge in [0.2, 0.25) is 8.38 Å². The minimum absolute atomic E-state index is 0.603. The van der Waals surface area contributed by atoms with E-state index >= 15 is 0 Å². The number of hydrogen-bond donors (Lipinski definition) is 0. The maximum absolute atomic E-state index is 5.89. The van der Waals surface area contributed by atoms with Gasteiger partial charge in [-0.15, -0.1) is 0 Å². The van der Waals surface area contributed by atoms with E-state index in [9.17, 15) is 0 Å². The average molecular weight is 393 g/mol. The van der Waals surface area contributed by atoms with Gasteiger partial charge in [0.05, 0.1) is 24.4 Å². The molecule has 0 saturated heterocycles. The van der Waals surface area contributed by atoms with Gasteiger partial charge in [0.25, 0.3) is 0 Å². The van der Waals surface area contributed by atoms with Crippen molar-refractivity contribution in [2.24, 2.45) is 0 Å². The lowest BCUT2D eigenvalue weighted by atomic mass is 10.3. The number of aromatic nitrogens is 2. The zero-order valence-electron chi connectivity index (χ0n) is 13.1. The molecule has 2 aromatic carbocycles. The Hall–Kier alpha value is -1.26. The lowest BCUT2D eigenvalue weighted by Crippen LogP contribution is -2.18. The highest BCUT2D eigenvalue weighted by Gasteiger charge is 2.23. The molecule has 0 aliphatic rings. The van der Waals surface area contributed by atoms with E-state index < -0.39 is 8.38 Å². The molecule has 0 aliphatic carbocycles. The zero-order valence-corrected chi connectivity index (χ0v) is 15.5. The molecule has 3 rings (SSSR count). The minimum atomic E-state index is -1.18. The Morgan fingerprint density at radius 3 is 2.30 bits per heavy atom. The fourth-order valence-corrected chi connectivity index (χ4v) is 4.10. The van der Waals surface area contributed by atoms with Crippen LogP contribution in [0.15, 0.2) is 53.0 Å². The Morgan fingerprint density at radius 1 is 1.00 bits per heavy atom. The summed E-state index contributed by atoms with van der Waals surface area (Å²) < 4.78 is 14.8. The van der Waals surface area contributed by atoms with Gasteiger partial charge in [-0.05, 0) is 44.2 Å². The van der Waals surface area contributed by atoms with E-state index in [0.717, 1.165) is 26.5 Å². The normalized spacial score (nSPS) is 11.5. The predicted molar refractivity (Wildman–Crippen MR) is 98.6 cm³/mol. The number of fused-ring (bicyclic) bond motifs is 1. The Bertz CT molecular complexity index is 783. The molecule has 0 unspecified atom stereocenters. The summed E-state index contributed by atoms with van der Waals surface area (Å²) in [6, 6.07) is 16.2. The predicted octanol–water partition coefficient (Wildman–Crippen LogP) is 4.80. The number of halogens is 1. The van der Waals surface area contributed by atoms with Crippen LogP contribution in [0.25, 0.3) is 16.6 Å². The van der Waals surface area contributed by atoms with Crippen LogP contribution in [0.5, 0.6) is 0 Å². The third-order valence-corrected chi connectivity index (χ3v) is 5.58. The van der Waals surface area contributed by atoms with E-state index in [4.69, 9.17) is 14.1 Å². The second-order valence-corrected chi connectivity index (χ2v) is 7.19. The summed E-state index contributed by atoms with van der Waals surface area (Å²) in [6.07, 6.45) is 0. The zero-order chi connectivity index (χ0) is 16.2. The van der Waals surface area contributed by atoms with Gasteiger partial charge in [0.1, 0.15) is 5.44 Å². The van der Waals surface area contributed by atoms with Crippen LogP contribution in [-0.4, -0.2) is 23.0 Å². The topological polar surface area (TPSA) is 36.3 Å². The van der Waals surface area contributed by atoms with Crippen LogP contribution in [0, 0.1) is 0 Å². The molecule has 23 heavy (non-hydrogen) atoms. The van der Waals surface area contributed by atoms with E-state index in [1.54, 1.807) is 0 Å². The highest BCUT2D eigenvalue weighted by molar-refractivity contribution is 9.10.